The van der Waals surface area contributed by atoms with Gasteiger partial charge >= 0.3 is 6.09 Å². The highest BCUT2D eigenvalue weighted by atomic mass is 35.5. The van der Waals surface area contributed by atoms with Gasteiger partial charge < -0.3 is 36.3 Å². The lowest BCUT2D eigenvalue weighted by atomic mass is 10.0. The van der Waals surface area contributed by atoms with Crippen LogP contribution in [0.25, 0.3) is 16.6 Å². The Balaban J connectivity index is 1.50. The standard InChI is InChI=1S/C32H39ClFN7O4/c1-16-9-27(44-6)37-17(2)28(16)18-10-25-29(38-19-7-8-20(11-19)39-31(43)45-32(3,4)5)21(14-36-41(25)15-18)30(35)40-24-13-23(34)26(42)12-22(24)33/h9-10,12-15,19-20,30,38,40,42H,7-8,11,35H2,1-6H3,(H,39,43)/t19-,20+,30?/m1/s1. The number of nitrogens with one attached hydrogen (secondary N) is 3. The molecule has 3 heterocycles. The highest BCUT2D eigenvalue weighted by Gasteiger charge is 2.30. The van der Waals surface area contributed by atoms with Gasteiger partial charge in [-0.2, -0.15) is 5.10 Å². The van der Waals surface area contributed by atoms with Crippen LogP contribution in [0.5, 0.6) is 11.6 Å². The lowest BCUT2D eigenvalue weighted by Gasteiger charge is -2.24. The first-order valence-corrected chi connectivity index (χ1v) is 15.1. The monoisotopic (exact) mass is 639 g/mol. The van der Waals surface area contributed by atoms with E-state index in [1.807, 2.05) is 52.9 Å². The summed E-state index contributed by atoms with van der Waals surface area (Å²) in [6.07, 6.45) is 4.51. The topological polar surface area (TPSA) is 148 Å². The second-order valence-electron chi connectivity index (χ2n) is 12.4. The maximum Gasteiger partial charge on any atom is 0.407 e. The van der Waals surface area contributed by atoms with Crippen molar-refractivity contribution in [2.45, 2.75) is 77.7 Å². The summed E-state index contributed by atoms with van der Waals surface area (Å²) in [6.45, 7) is 9.42. The van der Waals surface area contributed by atoms with Crippen molar-refractivity contribution in [2.24, 2.45) is 5.73 Å². The summed E-state index contributed by atoms with van der Waals surface area (Å²) in [6, 6.07) is 6.06. The van der Waals surface area contributed by atoms with Gasteiger partial charge in [0.1, 0.15) is 11.8 Å². The van der Waals surface area contributed by atoms with Gasteiger partial charge in [-0.15, -0.1) is 0 Å². The first-order chi connectivity index (χ1) is 21.2. The molecule has 13 heteroatoms. The lowest BCUT2D eigenvalue weighted by molar-refractivity contribution is 0.0505. The summed E-state index contributed by atoms with van der Waals surface area (Å²) in [5.41, 5.74) is 12.1. The molecule has 3 atom stereocenters. The lowest BCUT2D eigenvalue weighted by Crippen LogP contribution is -2.38. The molecule has 240 valence electrons. The molecular weight excluding hydrogens is 601 g/mol. The van der Waals surface area contributed by atoms with E-state index in [0.717, 1.165) is 58.6 Å². The van der Waals surface area contributed by atoms with Crippen LogP contribution in [0, 0.1) is 19.7 Å². The zero-order valence-corrected chi connectivity index (χ0v) is 26.9. The number of aromatic hydroxyl groups is 1. The average molecular weight is 640 g/mol. The van der Waals surface area contributed by atoms with E-state index in [1.54, 1.807) is 17.8 Å². The molecule has 1 unspecified atom stereocenters. The first kappa shape index (κ1) is 32.1. The molecule has 11 nitrogen and oxygen atoms in total. The van der Waals surface area contributed by atoms with Crippen molar-refractivity contribution < 1.29 is 23.8 Å². The molecule has 6 N–H and O–H groups in total. The number of alkyl carbamates (subject to hydrolysis) is 1. The number of carbonyl (C=O) groups excluding carboxylic acids is 1. The third-order valence-electron chi connectivity index (χ3n) is 7.72. The van der Waals surface area contributed by atoms with Crippen molar-refractivity contribution in [2.75, 3.05) is 17.7 Å². The number of anilines is 2. The molecule has 45 heavy (non-hydrogen) atoms. The van der Waals surface area contributed by atoms with Crippen molar-refractivity contribution in [1.82, 2.24) is 19.9 Å². The van der Waals surface area contributed by atoms with Crippen molar-refractivity contribution in [3.05, 3.63) is 64.3 Å². The molecule has 0 radical (unpaired) electrons. The van der Waals surface area contributed by atoms with Gasteiger partial charge in [-0.05, 0) is 65.5 Å². The minimum atomic E-state index is -0.854. The number of halogens is 2. The van der Waals surface area contributed by atoms with Gasteiger partial charge in [-0.25, -0.2) is 18.7 Å². The quantitative estimate of drug-likeness (QED) is 0.108. The second kappa shape index (κ2) is 12.6. The molecule has 0 aliphatic heterocycles. The number of fused-ring (bicyclic) bond motifs is 1. The molecule has 4 aromatic rings. The zero-order chi connectivity index (χ0) is 32.6. The van der Waals surface area contributed by atoms with E-state index in [0.29, 0.717) is 17.9 Å². The number of phenolic OH excluding ortho intramolecular Hbond substituents is 1. The van der Waals surface area contributed by atoms with E-state index >= 15 is 0 Å². The number of nitrogens with zero attached hydrogens (tertiary/aromatic N) is 3. The van der Waals surface area contributed by atoms with Crippen molar-refractivity contribution in [3.8, 4) is 22.8 Å². The highest BCUT2D eigenvalue weighted by Crippen LogP contribution is 2.37. The predicted molar refractivity (Wildman–Crippen MR) is 172 cm³/mol. The van der Waals surface area contributed by atoms with E-state index in [4.69, 9.17) is 26.8 Å². The van der Waals surface area contributed by atoms with E-state index in [1.165, 1.54) is 0 Å². The van der Waals surface area contributed by atoms with Gasteiger partial charge in [0.25, 0.3) is 0 Å². The predicted octanol–water partition coefficient (Wildman–Crippen LogP) is 6.45. The Kier molecular flexibility index (Phi) is 8.99. The molecule has 1 aliphatic rings. The van der Waals surface area contributed by atoms with E-state index in [9.17, 15) is 14.3 Å². The Morgan fingerprint density at radius 3 is 2.62 bits per heavy atom. The van der Waals surface area contributed by atoms with Gasteiger partial charge in [0.05, 0.1) is 35.2 Å². The van der Waals surface area contributed by atoms with Gasteiger partial charge in [0.15, 0.2) is 11.6 Å². The minimum absolute atomic E-state index is 0.00117. The molecule has 1 saturated carbocycles. The summed E-state index contributed by atoms with van der Waals surface area (Å²) in [5.74, 6) is -0.845. The van der Waals surface area contributed by atoms with E-state index in [2.05, 4.69) is 26.0 Å². The first-order valence-electron chi connectivity index (χ1n) is 14.7. The number of aromatic nitrogens is 3. The number of nitrogens with two attached hydrogens (primary N) is 1. The maximum atomic E-state index is 14.2. The van der Waals surface area contributed by atoms with Crippen LogP contribution in [-0.4, -0.2) is 50.6 Å². The molecule has 1 aliphatic carbocycles. The zero-order valence-electron chi connectivity index (χ0n) is 26.2. The van der Waals surface area contributed by atoms with E-state index in [-0.39, 0.29) is 22.8 Å². The molecule has 5 rings (SSSR count). The van der Waals surface area contributed by atoms with Crippen LogP contribution in [-0.2, 0) is 4.74 Å². The normalized spacial score (nSPS) is 17.3. The van der Waals surface area contributed by atoms with Crippen LogP contribution in [0.15, 0.2) is 36.7 Å². The Labute approximate surface area is 266 Å². The van der Waals surface area contributed by atoms with Crippen LogP contribution in [0.1, 0.15) is 63.0 Å². The summed E-state index contributed by atoms with van der Waals surface area (Å²) < 4.78 is 26.8. The fraction of sp³-hybridized carbons (Fsp3) is 0.406. The van der Waals surface area contributed by atoms with Gasteiger partial charge in [0.2, 0.25) is 5.88 Å². The third-order valence-corrected chi connectivity index (χ3v) is 8.04. The number of pyridine rings is 1. The number of rotatable bonds is 8. The smallest absolute Gasteiger partial charge is 0.407 e. The Hall–Kier alpha value is -4.29. The largest absolute Gasteiger partial charge is 0.505 e. The molecule has 1 aromatic carbocycles. The molecule has 1 fully saturated rings. The molecule has 1 amide bonds. The van der Waals surface area contributed by atoms with Crippen LogP contribution in [0.3, 0.4) is 0 Å². The molecule has 0 spiro atoms. The average Bonchev–Trinajstić information content (AvgIpc) is 3.57. The molecule has 3 aromatic heterocycles. The number of aryl methyl sites for hydroxylation is 2. The van der Waals surface area contributed by atoms with Gasteiger partial charge in [-0.1, -0.05) is 11.6 Å². The summed E-state index contributed by atoms with van der Waals surface area (Å²) in [5, 5.41) is 24.2. The number of carbonyl (C=O) groups is 1. The van der Waals surface area contributed by atoms with Crippen LogP contribution in [0.2, 0.25) is 5.02 Å². The fourth-order valence-corrected chi connectivity index (χ4v) is 5.96. The van der Waals surface area contributed by atoms with Crippen molar-refractivity contribution in [3.63, 3.8) is 0 Å². The summed E-state index contributed by atoms with van der Waals surface area (Å²) in [7, 11) is 1.59. The number of benzene rings is 1. The summed E-state index contributed by atoms with van der Waals surface area (Å²) in [4.78, 5) is 17.0. The maximum absolute atomic E-state index is 14.2. The fourth-order valence-electron chi connectivity index (χ4n) is 5.75. The molecule has 0 saturated heterocycles. The van der Waals surface area contributed by atoms with Crippen LogP contribution >= 0.6 is 11.6 Å². The second-order valence-corrected chi connectivity index (χ2v) is 12.8. The van der Waals surface area contributed by atoms with Crippen molar-refractivity contribution >= 4 is 34.6 Å². The Morgan fingerprint density at radius 1 is 1.20 bits per heavy atom. The van der Waals surface area contributed by atoms with Crippen molar-refractivity contribution in [1.29, 1.82) is 0 Å². The highest BCUT2D eigenvalue weighted by molar-refractivity contribution is 6.33. The van der Waals surface area contributed by atoms with Crippen LogP contribution < -0.4 is 26.4 Å². The number of hydrogen-bond acceptors (Lipinski definition) is 9. The molecule has 0 bridgehead atoms. The minimum Gasteiger partial charge on any atom is -0.505 e. The Morgan fingerprint density at radius 2 is 1.93 bits per heavy atom. The van der Waals surface area contributed by atoms with Gasteiger partial charge in [-0.3, -0.25) is 0 Å². The molecular formula is C32H39ClFN7O4. The number of amides is 1. The third kappa shape index (κ3) is 7.18. The van der Waals surface area contributed by atoms with Gasteiger partial charge in [0, 0.05) is 58.9 Å². The summed E-state index contributed by atoms with van der Waals surface area (Å²) >= 11 is 6.29. The number of hydrogen-bond donors (Lipinski definition) is 5. The number of methoxy groups -OCH3 is 1. The number of phenols is 1. The van der Waals surface area contributed by atoms with E-state index < -0.39 is 29.4 Å². The Bertz CT molecular complexity index is 1720. The number of ether oxygens (including phenoxy) is 2. The van der Waals surface area contributed by atoms with Crippen LogP contribution in [0.4, 0.5) is 20.6 Å². The SMILES string of the molecule is COc1cc(C)c(-c2cc3c(N[C@@H]4CC[C@H](NC(=O)OC(C)(C)C)C4)c(C(N)Nc4cc(F)c(O)cc4Cl)cnn3c2)c(C)n1.